The normalized spacial score (nSPS) is 14.4. The van der Waals surface area contributed by atoms with E-state index < -0.39 is 30.2 Å². The van der Waals surface area contributed by atoms with E-state index in [1.165, 1.54) is 18.2 Å². The largest absolute Gasteiger partial charge is 0.573 e. The highest BCUT2D eigenvalue weighted by atomic mass is 19.4. The maximum atomic E-state index is 13.7. The molecule has 0 aromatic heterocycles. The second-order valence-electron chi connectivity index (χ2n) is 8.74. The smallest absolute Gasteiger partial charge is 0.506 e. The number of fused-ring (bicyclic) bond motifs is 1. The minimum absolute atomic E-state index is 0.00296. The number of benzene rings is 3. The Morgan fingerprint density at radius 3 is 2.40 bits per heavy atom. The predicted octanol–water partition coefficient (Wildman–Crippen LogP) is 6.83. The van der Waals surface area contributed by atoms with Gasteiger partial charge in [0.1, 0.15) is 18.2 Å². The summed E-state index contributed by atoms with van der Waals surface area (Å²) in [6, 6.07) is 14.1. The highest BCUT2D eigenvalue weighted by Crippen LogP contribution is 2.51. The van der Waals surface area contributed by atoms with Crippen molar-refractivity contribution in [3.8, 4) is 11.5 Å². The van der Waals surface area contributed by atoms with E-state index in [4.69, 9.17) is 0 Å². The summed E-state index contributed by atoms with van der Waals surface area (Å²) in [5, 5.41) is 15.9. The van der Waals surface area contributed by atoms with Gasteiger partial charge in [-0.15, -0.1) is 13.2 Å². The molecule has 2 amide bonds. The molecular formula is C25H23F4N3O3. The highest BCUT2D eigenvalue weighted by molar-refractivity contribution is 6.02. The number of phenols is 1. The third-order valence-corrected chi connectivity index (χ3v) is 5.68. The van der Waals surface area contributed by atoms with Gasteiger partial charge in [-0.3, -0.25) is 0 Å². The van der Waals surface area contributed by atoms with Crippen molar-refractivity contribution < 1.29 is 32.2 Å². The van der Waals surface area contributed by atoms with Crippen molar-refractivity contribution in [2.45, 2.75) is 32.3 Å². The number of nitrogens with one attached hydrogen (secondary N) is 2. The number of rotatable bonds is 5. The Bertz CT molecular complexity index is 1240. The molecule has 3 N–H and O–H groups in total. The first kappa shape index (κ1) is 24.2. The fourth-order valence-electron chi connectivity index (χ4n) is 4.36. The third-order valence-electron chi connectivity index (χ3n) is 5.68. The zero-order valence-corrected chi connectivity index (χ0v) is 18.9. The first-order valence-corrected chi connectivity index (χ1v) is 10.7. The van der Waals surface area contributed by atoms with Crippen molar-refractivity contribution in [2.24, 2.45) is 0 Å². The second kappa shape index (κ2) is 9.01. The lowest BCUT2D eigenvalue weighted by molar-refractivity contribution is -0.274. The van der Waals surface area contributed by atoms with E-state index in [1.54, 1.807) is 30.3 Å². The first-order valence-electron chi connectivity index (χ1n) is 10.7. The highest BCUT2D eigenvalue weighted by Gasteiger charge is 2.40. The van der Waals surface area contributed by atoms with Crippen LogP contribution in [0.15, 0.2) is 60.7 Å². The number of nitrogens with zero attached hydrogens (tertiary/aromatic N) is 1. The monoisotopic (exact) mass is 489 g/mol. The van der Waals surface area contributed by atoms with E-state index in [0.29, 0.717) is 34.7 Å². The fraction of sp³-hybridized carbons (Fsp3) is 0.240. The average molecular weight is 489 g/mol. The van der Waals surface area contributed by atoms with E-state index in [0.717, 1.165) is 12.1 Å². The summed E-state index contributed by atoms with van der Waals surface area (Å²) >= 11 is 0. The second-order valence-corrected chi connectivity index (χ2v) is 8.74. The number of urea groups is 1. The van der Waals surface area contributed by atoms with Crippen LogP contribution in [0.3, 0.4) is 0 Å². The Morgan fingerprint density at radius 2 is 1.74 bits per heavy atom. The number of para-hydroxylation sites is 2. The van der Waals surface area contributed by atoms with E-state index in [-0.39, 0.29) is 11.4 Å². The number of ether oxygens (including phenoxy) is 1. The number of carbonyl (C=O) groups is 1. The van der Waals surface area contributed by atoms with E-state index >= 15 is 0 Å². The lowest BCUT2D eigenvalue weighted by Crippen LogP contribution is -2.27. The Morgan fingerprint density at radius 1 is 1.06 bits per heavy atom. The third kappa shape index (κ3) is 5.11. The summed E-state index contributed by atoms with van der Waals surface area (Å²) < 4.78 is 54.5. The van der Waals surface area contributed by atoms with Crippen LogP contribution in [0, 0.1) is 0 Å². The molecule has 0 bridgehead atoms. The Kier molecular flexibility index (Phi) is 6.23. The number of anilines is 4. The summed E-state index contributed by atoms with van der Waals surface area (Å²) in [5.41, 5.74) is 2.50. The summed E-state index contributed by atoms with van der Waals surface area (Å²) in [6.07, 6.45) is -4.81. The van der Waals surface area contributed by atoms with Crippen LogP contribution in [0.5, 0.6) is 11.5 Å². The quantitative estimate of drug-likeness (QED) is 0.343. The number of hydrogen-bond acceptors (Lipinski definition) is 4. The molecule has 0 aliphatic carbocycles. The predicted molar refractivity (Wildman–Crippen MR) is 125 cm³/mol. The molecule has 0 unspecified atom stereocenters. The average Bonchev–Trinajstić information content (AvgIpc) is 3.07. The van der Waals surface area contributed by atoms with Crippen LogP contribution in [0.25, 0.3) is 0 Å². The molecule has 184 valence electrons. The van der Waals surface area contributed by atoms with E-state index in [9.17, 15) is 27.5 Å². The zero-order valence-electron chi connectivity index (χ0n) is 18.9. The topological polar surface area (TPSA) is 73.8 Å². The minimum atomic E-state index is -4.81. The van der Waals surface area contributed by atoms with Crippen molar-refractivity contribution in [3.05, 3.63) is 71.8 Å². The fourth-order valence-corrected chi connectivity index (χ4v) is 4.36. The van der Waals surface area contributed by atoms with Crippen LogP contribution in [0.4, 0.5) is 45.1 Å². The zero-order chi connectivity index (χ0) is 25.4. The van der Waals surface area contributed by atoms with Crippen LogP contribution < -0.4 is 20.3 Å². The summed E-state index contributed by atoms with van der Waals surface area (Å²) in [7, 11) is 0. The number of amides is 2. The van der Waals surface area contributed by atoms with Gasteiger partial charge in [-0.2, -0.15) is 0 Å². The molecular weight excluding hydrogens is 466 g/mol. The van der Waals surface area contributed by atoms with Gasteiger partial charge in [-0.25, -0.2) is 9.18 Å². The number of aromatic hydroxyl groups is 1. The van der Waals surface area contributed by atoms with Crippen LogP contribution in [0.2, 0.25) is 0 Å². The molecule has 0 atom stereocenters. The number of carbonyl (C=O) groups excluding carboxylic acids is 1. The van der Waals surface area contributed by atoms with Crippen molar-refractivity contribution >= 4 is 28.8 Å². The molecule has 0 fully saturated rings. The molecule has 0 saturated carbocycles. The van der Waals surface area contributed by atoms with Gasteiger partial charge in [0.05, 0.1) is 17.1 Å². The molecule has 35 heavy (non-hydrogen) atoms. The Hall–Kier alpha value is -3.95. The molecule has 10 heteroatoms. The van der Waals surface area contributed by atoms with E-state index in [2.05, 4.69) is 15.4 Å². The van der Waals surface area contributed by atoms with Crippen LogP contribution in [-0.2, 0) is 12.1 Å². The van der Waals surface area contributed by atoms with Crippen LogP contribution in [-0.4, -0.2) is 24.0 Å². The number of halogens is 4. The maximum Gasteiger partial charge on any atom is 0.573 e. The standard InChI is InChI=1S/C25H23F4N3O3/c1-24(2)14-32(22-20(33)12-7-15(13-26)21(22)24)19-6-4-3-5-18(19)31-23(34)30-16-8-10-17(11-9-16)35-25(27,28)29/h3-12,33H,13-14H2,1-2H3,(H2,30,31,34). The van der Waals surface area contributed by atoms with Gasteiger partial charge in [0, 0.05) is 17.6 Å². The first-order chi connectivity index (χ1) is 16.5. The van der Waals surface area contributed by atoms with Crippen molar-refractivity contribution in [1.29, 1.82) is 0 Å². The molecule has 1 heterocycles. The molecule has 1 aliphatic heterocycles. The van der Waals surface area contributed by atoms with Gasteiger partial charge in [0.2, 0.25) is 0 Å². The summed E-state index contributed by atoms with van der Waals surface area (Å²) in [6.45, 7) is 3.68. The molecule has 0 spiro atoms. The molecule has 3 aromatic rings. The van der Waals surface area contributed by atoms with Crippen molar-refractivity contribution in [1.82, 2.24) is 0 Å². The van der Waals surface area contributed by atoms with Crippen molar-refractivity contribution in [3.63, 3.8) is 0 Å². The molecule has 4 rings (SSSR count). The Balaban J connectivity index is 1.57. The van der Waals surface area contributed by atoms with Gasteiger partial charge in [-0.1, -0.05) is 32.0 Å². The minimum Gasteiger partial charge on any atom is -0.506 e. The number of phenolic OH excluding ortho intramolecular Hbond substituents is 1. The maximum absolute atomic E-state index is 13.7. The van der Waals surface area contributed by atoms with Crippen LogP contribution >= 0.6 is 0 Å². The van der Waals surface area contributed by atoms with Gasteiger partial charge >= 0.3 is 12.4 Å². The lowest BCUT2D eigenvalue weighted by atomic mass is 9.84. The van der Waals surface area contributed by atoms with E-state index in [1.807, 2.05) is 18.7 Å². The SMILES string of the molecule is CC1(C)CN(c2ccccc2NC(=O)Nc2ccc(OC(F)(F)F)cc2)c2c(O)ccc(CF)c21. The number of hydrogen-bond donors (Lipinski definition) is 3. The van der Waals surface area contributed by atoms with Crippen molar-refractivity contribution in [2.75, 3.05) is 22.1 Å². The van der Waals surface area contributed by atoms with Gasteiger partial charge in [0.25, 0.3) is 0 Å². The molecule has 1 aliphatic rings. The molecule has 0 saturated heterocycles. The van der Waals surface area contributed by atoms with Gasteiger partial charge in [-0.05, 0) is 53.6 Å². The molecule has 0 radical (unpaired) electrons. The van der Waals surface area contributed by atoms with Gasteiger partial charge in [0.15, 0.2) is 0 Å². The summed E-state index contributed by atoms with van der Waals surface area (Å²) in [5.74, 6) is -0.403. The van der Waals surface area contributed by atoms with Gasteiger partial charge < -0.3 is 25.4 Å². The Labute approximate surface area is 199 Å². The lowest BCUT2D eigenvalue weighted by Gasteiger charge is -2.25. The molecule has 3 aromatic carbocycles. The van der Waals surface area contributed by atoms with Crippen LogP contribution in [0.1, 0.15) is 25.0 Å². The molecule has 6 nitrogen and oxygen atoms in total. The number of alkyl halides is 4. The summed E-state index contributed by atoms with van der Waals surface area (Å²) in [4.78, 5) is 14.5.